The minimum absolute atomic E-state index is 0.776. The van der Waals surface area contributed by atoms with Gasteiger partial charge in [0.25, 0.3) is 0 Å². The van der Waals surface area contributed by atoms with Crippen LogP contribution in [-0.2, 0) is 4.74 Å². The summed E-state index contributed by atoms with van der Waals surface area (Å²) in [5.74, 6) is 3.27. The van der Waals surface area contributed by atoms with Crippen LogP contribution in [0.4, 0.5) is 0 Å². The summed E-state index contributed by atoms with van der Waals surface area (Å²) in [4.78, 5) is 0. The molecule has 1 aliphatic heterocycles. The van der Waals surface area contributed by atoms with Crippen molar-refractivity contribution in [2.75, 3.05) is 13.2 Å². The predicted molar refractivity (Wildman–Crippen MR) is 63.4 cm³/mol. The summed E-state index contributed by atoms with van der Waals surface area (Å²) in [6.45, 7) is 15.3. The van der Waals surface area contributed by atoms with Crippen LogP contribution in [0.2, 0.25) is 0 Å². The highest BCUT2D eigenvalue weighted by molar-refractivity contribution is 4.78. The Bertz CT molecular complexity index is 113. The molecule has 0 N–H and O–H groups in total. The molecule has 1 aliphatic rings. The lowest BCUT2D eigenvalue weighted by Crippen LogP contribution is -2.34. The second-order valence-corrected chi connectivity index (χ2v) is 4.68. The van der Waals surface area contributed by atoms with E-state index in [1.807, 2.05) is 13.8 Å². The van der Waals surface area contributed by atoms with E-state index < -0.39 is 0 Å². The molecule has 0 aromatic rings. The molecular weight excluding hydrogens is 172 g/mol. The SMILES string of the molecule is CC.CC(C)C1CCOCC1C(C)C. The maximum Gasteiger partial charge on any atom is 0.0499 e. The Balaban J connectivity index is 0.000000791. The largest absolute Gasteiger partial charge is 0.381 e. The lowest BCUT2D eigenvalue weighted by atomic mass is 9.75. The van der Waals surface area contributed by atoms with Crippen LogP contribution >= 0.6 is 0 Å². The summed E-state index contributed by atoms with van der Waals surface area (Å²) >= 11 is 0. The number of ether oxygens (including phenoxy) is 1. The van der Waals surface area contributed by atoms with Crippen LogP contribution in [-0.4, -0.2) is 13.2 Å². The van der Waals surface area contributed by atoms with Crippen molar-refractivity contribution in [2.24, 2.45) is 23.7 Å². The molecule has 0 saturated carbocycles. The normalized spacial score (nSPS) is 27.4. The van der Waals surface area contributed by atoms with Crippen molar-refractivity contribution in [3.63, 3.8) is 0 Å². The van der Waals surface area contributed by atoms with Crippen molar-refractivity contribution in [1.29, 1.82) is 0 Å². The van der Waals surface area contributed by atoms with E-state index in [2.05, 4.69) is 27.7 Å². The van der Waals surface area contributed by atoms with E-state index >= 15 is 0 Å². The maximum atomic E-state index is 5.52. The van der Waals surface area contributed by atoms with Crippen molar-refractivity contribution in [2.45, 2.75) is 48.0 Å². The minimum Gasteiger partial charge on any atom is -0.381 e. The Kier molecular flexibility index (Phi) is 7.26. The Morgan fingerprint density at radius 1 is 0.929 bits per heavy atom. The Morgan fingerprint density at radius 3 is 1.79 bits per heavy atom. The minimum atomic E-state index is 0.776. The molecule has 0 aliphatic carbocycles. The molecule has 2 atom stereocenters. The summed E-state index contributed by atoms with van der Waals surface area (Å²) in [6.07, 6.45) is 1.26. The molecule has 0 amide bonds. The van der Waals surface area contributed by atoms with Gasteiger partial charge in [0.1, 0.15) is 0 Å². The molecule has 1 saturated heterocycles. The van der Waals surface area contributed by atoms with Crippen LogP contribution in [0.5, 0.6) is 0 Å². The van der Waals surface area contributed by atoms with E-state index in [1.54, 1.807) is 0 Å². The van der Waals surface area contributed by atoms with Crippen LogP contribution in [0.3, 0.4) is 0 Å². The van der Waals surface area contributed by atoms with Crippen molar-refractivity contribution in [3.05, 3.63) is 0 Å². The van der Waals surface area contributed by atoms with E-state index in [0.717, 1.165) is 36.9 Å². The number of rotatable bonds is 2. The molecule has 0 aromatic heterocycles. The quantitative estimate of drug-likeness (QED) is 0.655. The lowest BCUT2D eigenvalue weighted by Gasteiger charge is -2.36. The van der Waals surface area contributed by atoms with Gasteiger partial charge in [-0.15, -0.1) is 0 Å². The molecule has 1 nitrogen and oxygen atoms in total. The third kappa shape index (κ3) is 4.00. The third-order valence-electron chi connectivity index (χ3n) is 3.17. The zero-order valence-electron chi connectivity index (χ0n) is 10.8. The van der Waals surface area contributed by atoms with Crippen molar-refractivity contribution in [1.82, 2.24) is 0 Å². The smallest absolute Gasteiger partial charge is 0.0499 e. The first kappa shape index (κ1) is 14.0. The lowest BCUT2D eigenvalue weighted by molar-refractivity contribution is -0.0177. The molecular formula is C13H28O. The van der Waals surface area contributed by atoms with Crippen molar-refractivity contribution in [3.8, 4) is 0 Å². The Labute approximate surface area is 90.2 Å². The number of hydrogen-bond donors (Lipinski definition) is 0. The fourth-order valence-corrected chi connectivity index (χ4v) is 2.29. The van der Waals surface area contributed by atoms with Gasteiger partial charge in [-0.3, -0.25) is 0 Å². The van der Waals surface area contributed by atoms with Crippen molar-refractivity contribution < 1.29 is 4.74 Å². The third-order valence-corrected chi connectivity index (χ3v) is 3.17. The highest BCUT2D eigenvalue weighted by Gasteiger charge is 2.29. The number of hydrogen-bond acceptors (Lipinski definition) is 1. The average molecular weight is 200 g/mol. The van der Waals surface area contributed by atoms with E-state index in [-0.39, 0.29) is 0 Å². The standard InChI is InChI=1S/C11H22O.C2H6/c1-8(2)10-5-6-12-7-11(10)9(3)4;1-2/h8-11H,5-7H2,1-4H3;1-2H3. The molecule has 86 valence electrons. The van der Waals surface area contributed by atoms with Gasteiger partial charge in [-0.05, 0) is 30.1 Å². The highest BCUT2D eigenvalue weighted by Crippen LogP contribution is 2.33. The van der Waals surface area contributed by atoms with E-state index in [9.17, 15) is 0 Å². The maximum absolute atomic E-state index is 5.52. The highest BCUT2D eigenvalue weighted by atomic mass is 16.5. The molecule has 1 heteroatoms. The van der Waals surface area contributed by atoms with Crippen LogP contribution in [0.25, 0.3) is 0 Å². The van der Waals surface area contributed by atoms with Gasteiger partial charge in [-0.2, -0.15) is 0 Å². The molecule has 1 fully saturated rings. The zero-order valence-corrected chi connectivity index (χ0v) is 10.8. The van der Waals surface area contributed by atoms with Crippen LogP contribution in [0, 0.1) is 23.7 Å². The second kappa shape index (κ2) is 7.28. The fraction of sp³-hybridized carbons (Fsp3) is 1.00. The molecule has 0 aromatic carbocycles. The van der Waals surface area contributed by atoms with Gasteiger partial charge < -0.3 is 4.74 Å². The summed E-state index contributed by atoms with van der Waals surface area (Å²) in [7, 11) is 0. The van der Waals surface area contributed by atoms with E-state index in [4.69, 9.17) is 4.74 Å². The van der Waals surface area contributed by atoms with Gasteiger partial charge in [-0.1, -0.05) is 41.5 Å². The van der Waals surface area contributed by atoms with Crippen LogP contribution < -0.4 is 0 Å². The fourth-order valence-electron chi connectivity index (χ4n) is 2.29. The van der Waals surface area contributed by atoms with Crippen LogP contribution in [0.1, 0.15) is 48.0 Å². The molecule has 2 unspecified atom stereocenters. The molecule has 0 radical (unpaired) electrons. The van der Waals surface area contributed by atoms with Gasteiger partial charge in [0.05, 0.1) is 0 Å². The first-order valence-corrected chi connectivity index (χ1v) is 6.20. The monoisotopic (exact) mass is 200 g/mol. The van der Waals surface area contributed by atoms with Gasteiger partial charge in [0, 0.05) is 13.2 Å². The van der Waals surface area contributed by atoms with E-state index in [0.29, 0.717) is 0 Å². The van der Waals surface area contributed by atoms with Gasteiger partial charge >= 0.3 is 0 Å². The van der Waals surface area contributed by atoms with E-state index in [1.165, 1.54) is 6.42 Å². The molecule has 0 bridgehead atoms. The first-order chi connectivity index (χ1) is 6.63. The molecule has 0 spiro atoms. The van der Waals surface area contributed by atoms with Crippen molar-refractivity contribution >= 4 is 0 Å². The van der Waals surface area contributed by atoms with Gasteiger partial charge in [-0.25, -0.2) is 0 Å². The average Bonchev–Trinajstić information content (AvgIpc) is 2.20. The first-order valence-electron chi connectivity index (χ1n) is 6.20. The summed E-state index contributed by atoms with van der Waals surface area (Å²) in [5.41, 5.74) is 0. The predicted octanol–water partition coefficient (Wildman–Crippen LogP) is 3.98. The topological polar surface area (TPSA) is 9.23 Å². The zero-order chi connectivity index (χ0) is 11.1. The van der Waals surface area contributed by atoms with Gasteiger partial charge in [0.15, 0.2) is 0 Å². The Morgan fingerprint density at radius 2 is 1.43 bits per heavy atom. The second-order valence-electron chi connectivity index (χ2n) is 4.68. The van der Waals surface area contributed by atoms with Crippen LogP contribution in [0.15, 0.2) is 0 Å². The molecule has 1 heterocycles. The summed E-state index contributed by atoms with van der Waals surface area (Å²) < 4.78 is 5.52. The van der Waals surface area contributed by atoms with Gasteiger partial charge in [0.2, 0.25) is 0 Å². The summed E-state index contributed by atoms with van der Waals surface area (Å²) in [6, 6.07) is 0. The molecule has 1 rings (SSSR count). The Hall–Kier alpha value is -0.0400. The summed E-state index contributed by atoms with van der Waals surface area (Å²) in [5, 5.41) is 0. The molecule has 14 heavy (non-hydrogen) atoms.